The Morgan fingerprint density at radius 1 is 1.16 bits per heavy atom. The average Bonchev–Trinajstić information content (AvgIpc) is 3.01. The molecule has 0 radical (unpaired) electrons. The summed E-state index contributed by atoms with van der Waals surface area (Å²) in [5.41, 5.74) is 2.00. The molecule has 170 valence electrons. The molecular formula is C25H28ClNO5. The lowest BCUT2D eigenvalue weighted by Crippen LogP contribution is -2.32. The van der Waals surface area contributed by atoms with Crippen LogP contribution in [-0.2, 0) is 14.3 Å². The Balaban J connectivity index is 2.06. The standard InChI is InChI=1S/C25H28ClNO5/c1-15(2)14-32-20-10-7-18(13-16(20)3)23(28)21-22(17-5-8-19(26)9-6-17)27(11-12-31-4)25(30)24(21)29/h5-10,13,15,22,28H,11-12,14H2,1-4H3/b23-21-. The monoisotopic (exact) mass is 457 g/mol. The van der Waals surface area contributed by atoms with Gasteiger partial charge in [0.1, 0.15) is 11.5 Å². The van der Waals surface area contributed by atoms with Gasteiger partial charge >= 0.3 is 0 Å². The van der Waals surface area contributed by atoms with Crippen molar-refractivity contribution in [1.29, 1.82) is 0 Å². The highest BCUT2D eigenvalue weighted by atomic mass is 35.5. The largest absolute Gasteiger partial charge is 0.507 e. The molecule has 0 aliphatic carbocycles. The summed E-state index contributed by atoms with van der Waals surface area (Å²) in [4.78, 5) is 27.2. The molecule has 6 nitrogen and oxygen atoms in total. The highest BCUT2D eigenvalue weighted by Gasteiger charge is 2.45. The van der Waals surface area contributed by atoms with Crippen LogP contribution in [0.2, 0.25) is 5.02 Å². The first-order valence-electron chi connectivity index (χ1n) is 10.5. The van der Waals surface area contributed by atoms with Crippen LogP contribution < -0.4 is 4.74 Å². The van der Waals surface area contributed by atoms with Crippen molar-refractivity contribution < 1.29 is 24.2 Å². The van der Waals surface area contributed by atoms with Crippen molar-refractivity contribution in [2.45, 2.75) is 26.8 Å². The van der Waals surface area contributed by atoms with Gasteiger partial charge in [0, 0.05) is 24.2 Å². The number of hydrogen-bond acceptors (Lipinski definition) is 5. The minimum Gasteiger partial charge on any atom is -0.507 e. The van der Waals surface area contributed by atoms with Gasteiger partial charge < -0.3 is 19.5 Å². The fourth-order valence-corrected chi connectivity index (χ4v) is 3.79. The molecule has 3 rings (SSSR count). The molecule has 1 heterocycles. The van der Waals surface area contributed by atoms with Gasteiger partial charge in [0.15, 0.2) is 0 Å². The number of carbonyl (C=O) groups is 2. The van der Waals surface area contributed by atoms with Crippen LogP contribution >= 0.6 is 11.6 Å². The summed E-state index contributed by atoms with van der Waals surface area (Å²) >= 11 is 6.03. The molecule has 2 aromatic carbocycles. The molecular weight excluding hydrogens is 430 g/mol. The van der Waals surface area contributed by atoms with Crippen LogP contribution in [-0.4, -0.2) is 48.6 Å². The molecule has 0 aromatic heterocycles. The quantitative estimate of drug-likeness (QED) is 0.351. The maximum Gasteiger partial charge on any atom is 0.295 e. The first-order chi connectivity index (χ1) is 15.2. The van der Waals surface area contributed by atoms with Crippen molar-refractivity contribution in [3.8, 4) is 5.75 Å². The topological polar surface area (TPSA) is 76.1 Å². The SMILES string of the molecule is COCCN1C(=O)C(=O)/C(=C(\O)c2ccc(OCC(C)C)c(C)c2)C1c1ccc(Cl)cc1. The number of ether oxygens (including phenoxy) is 2. The summed E-state index contributed by atoms with van der Waals surface area (Å²) in [5.74, 6) is -0.523. The zero-order chi connectivity index (χ0) is 23.4. The first kappa shape index (κ1) is 23.8. The predicted molar refractivity (Wildman–Crippen MR) is 124 cm³/mol. The Morgan fingerprint density at radius 3 is 2.44 bits per heavy atom. The number of rotatable bonds is 8. The van der Waals surface area contributed by atoms with E-state index in [9.17, 15) is 14.7 Å². The molecule has 1 amide bonds. The smallest absolute Gasteiger partial charge is 0.295 e. The zero-order valence-electron chi connectivity index (χ0n) is 18.7. The van der Waals surface area contributed by atoms with Crippen molar-refractivity contribution in [2.24, 2.45) is 5.92 Å². The Kier molecular flexibility index (Phi) is 7.59. The van der Waals surface area contributed by atoms with Gasteiger partial charge in [0.05, 0.1) is 24.8 Å². The molecule has 1 unspecified atom stereocenters. The Morgan fingerprint density at radius 2 is 1.84 bits per heavy atom. The van der Waals surface area contributed by atoms with E-state index >= 15 is 0 Å². The number of nitrogens with zero attached hydrogens (tertiary/aromatic N) is 1. The number of benzene rings is 2. The van der Waals surface area contributed by atoms with Gasteiger partial charge in [-0.1, -0.05) is 37.6 Å². The van der Waals surface area contributed by atoms with Gasteiger partial charge in [-0.25, -0.2) is 0 Å². The first-order valence-corrected chi connectivity index (χ1v) is 10.9. The lowest BCUT2D eigenvalue weighted by atomic mass is 9.95. The van der Waals surface area contributed by atoms with Crippen molar-refractivity contribution in [2.75, 3.05) is 26.9 Å². The molecule has 0 bridgehead atoms. The number of amides is 1. The number of aryl methyl sites for hydroxylation is 1. The highest BCUT2D eigenvalue weighted by molar-refractivity contribution is 6.46. The maximum atomic E-state index is 13.0. The fraction of sp³-hybridized carbons (Fsp3) is 0.360. The molecule has 7 heteroatoms. The Labute approximate surface area is 193 Å². The number of halogens is 1. The van der Waals surface area contributed by atoms with E-state index in [1.54, 1.807) is 42.5 Å². The third-order valence-corrected chi connectivity index (χ3v) is 5.53. The zero-order valence-corrected chi connectivity index (χ0v) is 19.5. The minimum atomic E-state index is -0.736. The van der Waals surface area contributed by atoms with Gasteiger partial charge in [-0.3, -0.25) is 9.59 Å². The third kappa shape index (κ3) is 4.97. The molecule has 1 atom stereocenters. The summed E-state index contributed by atoms with van der Waals surface area (Å²) in [6.07, 6.45) is 0. The van der Waals surface area contributed by atoms with Crippen LogP contribution in [0.15, 0.2) is 48.0 Å². The van der Waals surface area contributed by atoms with E-state index in [-0.39, 0.29) is 24.5 Å². The molecule has 1 saturated heterocycles. The molecule has 1 fully saturated rings. The molecule has 2 aromatic rings. The minimum absolute atomic E-state index is 0.0451. The fourth-order valence-electron chi connectivity index (χ4n) is 3.66. The summed E-state index contributed by atoms with van der Waals surface area (Å²) in [6, 6.07) is 11.4. The van der Waals surface area contributed by atoms with Crippen molar-refractivity contribution in [3.05, 3.63) is 69.8 Å². The van der Waals surface area contributed by atoms with Crippen LogP contribution in [0.5, 0.6) is 5.75 Å². The molecule has 0 spiro atoms. The van der Waals surface area contributed by atoms with Crippen molar-refractivity contribution in [1.82, 2.24) is 4.90 Å². The number of aliphatic hydroxyl groups is 1. The number of hydrogen-bond donors (Lipinski definition) is 1. The van der Waals surface area contributed by atoms with E-state index in [2.05, 4.69) is 13.8 Å². The second-order valence-electron chi connectivity index (χ2n) is 8.22. The van der Waals surface area contributed by atoms with Gasteiger partial charge in [-0.2, -0.15) is 0 Å². The summed E-state index contributed by atoms with van der Waals surface area (Å²) in [5, 5.41) is 11.7. The van der Waals surface area contributed by atoms with Crippen LogP contribution in [0.3, 0.4) is 0 Å². The van der Waals surface area contributed by atoms with E-state index in [4.69, 9.17) is 21.1 Å². The van der Waals surface area contributed by atoms with E-state index in [0.29, 0.717) is 34.4 Å². The number of methoxy groups -OCH3 is 1. The summed E-state index contributed by atoms with van der Waals surface area (Å²) < 4.78 is 10.9. The van der Waals surface area contributed by atoms with Crippen LogP contribution in [0.4, 0.5) is 0 Å². The number of Topliss-reactive ketones (excluding diaryl/α,β-unsaturated/α-hetero) is 1. The third-order valence-electron chi connectivity index (χ3n) is 5.28. The lowest BCUT2D eigenvalue weighted by Gasteiger charge is -2.25. The van der Waals surface area contributed by atoms with Gasteiger partial charge in [-0.15, -0.1) is 0 Å². The van der Waals surface area contributed by atoms with Crippen LogP contribution in [0.1, 0.15) is 36.6 Å². The lowest BCUT2D eigenvalue weighted by molar-refractivity contribution is -0.140. The number of ketones is 1. The van der Waals surface area contributed by atoms with Crippen LogP contribution in [0.25, 0.3) is 5.76 Å². The summed E-state index contributed by atoms with van der Waals surface area (Å²) in [7, 11) is 1.53. The Hall–Kier alpha value is -2.83. The number of likely N-dealkylation sites (tertiary alicyclic amines) is 1. The molecule has 1 aliphatic heterocycles. The van der Waals surface area contributed by atoms with E-state index in [1.807, 2.05) is 6.92 Å². The van der Waals surface area contributed by atoms with Gasteiger partial charge in [0.25, 0.3) is 11.7 Å². The Bertz CT molecular complexity index is 1030. The second-order valence-corrected chi connectivity index (χ2v) is 8.66. The molecule has 32 heavy (non-hydrogen) atoms. The number of aliphatic hydroxyl groups excluding tert-OH is 1. The maximum absolute atomic E-state index is 13.0. The van der Waals surface area contributed by atoms with E-state index in [0.717, 1.165) is 5.56 Å². The van der Waals surface area contributed by atoms with Gasteiger partial charge in [-0.05, 0) is 54.3 Å². The average molecular weight is 458 g/mol. The predicted octanol–water partition coefficient (Wildman–Crippen LogP) is 4.75. The van der Waals surface area contributed by atoms with E-state index in [1.165, 1.54) is 12.0 Å². The highest BCUT2D eigenvalue weighted by Crippen LogP contribution is 2.40. The van der Waals surface area contributed by atoms with E-state index < -0.39 is 17.7 Å². The number of carbonyl (C=O) groups excluding carboxylic acids is 2. The summed E-state index contributed by atoms with van der Waals surface area (Å²) in [6.45, 7) is 7.06. The molecule has 1 aliphatic rings. The second kappa shape index (κ2) is 10.2. The molecule has 0 saturated carbocycles. The van der Waals surface area contributed by atoms with Crippen molar-refractivity contribution >= 4 is 29.1 Å². The normalized spacial score (nSPS) is 17.9. The van der Waals surface area contributed by atoms with Crippen LogP contribution in [0, 0.1) is 12.8 Å². The molecule has 1 N–H and O–H groups in total. The van der Waals surface area contributed by atoms with Crippen molar-refractivity contribution in [3.63, 3.8) is 0 Å². The van der Waals surface area contributed by atoms with Gasteiger partial charge in [0.2, 0.25) is 0 Å².